The Morgan fingerprint density at radius 1 is 1.60 bits per heavy atom. The number of hydrogen-bond acceptors (Lipinski definition) is 4. The van der Waals surface area contributed by atoms with E-state index in [4.69, 9.17) is 5.11 Å². The van der Waals surface area contributed by atoms with Crippen LogP contribution in [0, 0.1) is 5.92 Å². The molecular formula is C9H14N4O2. The van der Waals surface area contributed by atoms with Gasteiger partial charge in [-0.2, -0.15) is 5.10 Å². The average Bonchev–Trinajstić information content (AvgIpc) is 2.86. The Balaban J connectivity index is 1.87. The second-order valence-electron chi connectivity index (χ2n) is 3.77. The van der Waals surface area contributed by atoms with Crippen LogP contribution in [-0.4, -0.2) is 50.4 Å². The number of carbonyl (C=O) groups excluding carboxylic acids is 1. The first-order valence-electron chi connectivity index (χ1n) is 5.00. The van der Waals surface area contributed by atoms with Crippen LogP contribution in [-0.2, 0) is 11.3 Å². The third-order valence-corrected chi connectivity index (χ3v) is 2.66. The molecule has 1 aliphatic rings. The Bertz CT molecular complexity index is 325. The van der Waals surface area contributed by atoms with Crippen LogP contribution < -0.4 is 0 Å². The lowest BCUT2D eigenvalue weighted by Gasteiger charge is -2.15. The summed E-state index contributed by atoms with van der Waals surface area (Å²) in [6.07, 6.45) is 3.82. The van der Waals surface area contributed by atoms with Crippen LogP contribution in [0.2, 0.25) is 0 Å². The van der Waals surface area contributed by atoms with Crippen molar-refractivity contribution < 1.29 is 9.90 Å². The maximum absolute atomic E-state index is 11.7. The van der Waals surface area contributed by atoms with E-state index in [1.54, 1.807) is 4.90 Å². The number of likely N-dealkylation sites (tertiary alicyclic amines) is 1. The molecule has 1 atom stereocenters. The largest absolute Gasteiger partial charge is 0.396 e. The molecule has 0 radical (unpaired) electrons. The summed E-state index contributed by atoms with van der Waals surface area (Å²) >= 11 is 0. The highest BCUT2D eigenvalue weighted by atomic mass is 16.3. The van der Waals surface area contributed by atoms with Crippen LogP contribution in [0.4, 0.5) is 0 Å². The molecule has 0 aliphatic carbocycles. The number of rotatable bonds is 3. The molecule has 0 spiro atoms. The van der Waals surface area contributed by atoms with Gasteiger partial charge in [-0.3, -0.25) is 4.79 Å². The number of carbonyl (C=O) groups is 1. The Morgan fingerprint density at radius 2 is 2.47 bits per heavy atom. The monoisotopic (exact) mass is 210 g/mol. The van der Waals surface area contributed by atoms with Gasteiger partial charge in [0.05, 0.1) is 0 Å². The van der Waals surface area contributed by atoms with E-state index in [1.165, 1.54) is 17.3 Å². The molecule has 0 aromatic carbocycles. The van der Waals surface area contributed by atoms with E-state index >= 15 is 0 Å². The molecule has 1 saturated heterocycles. The number of amides is 1. The summed E-state index contributed by atoms with van der Waals surface area (Å²) in [6, 6.07) is 0. The van der Waals surface area contributed by atoms with Crippen LogP contribution in [0.5, 0.6) is 0 Å². The number of aliphatic hydroxyl groups excluding tert-OH is 1. The number of nitrogens with zero attached hydrogens (tertiary/aromatic N) is 4. The summed E-state index contributed by atoms with van der Waals surface area (Å²) in [6.45, 7) is 1.79. The van der Waals surface area contributed by atoms with Crippen molar-refractivity contribution in [2.24, 2.45) is 5.92 Å². The molecule has 6 heteroatoms. The molecule has 0 saturated carbocycles. The van der Waals surface area contributed by atoms with E-state index < -0.39 is 0 Å². The fraction of sp³-hybridized carbons (Fsp3) is 0.667. The van der Waals surface area contributed by atoms with Gasteiger partial charge in [0.15, 0.2) is 0 Å². The highest BCUT2D eigenvalue weighted by molar-refractivity contribution is 5.76. The number of aromatic nitrogens is 3. The van der Waals surface area contributed by atoms with Crippen molar-refractivity contribution in [3.05, 3.63) is 12.7 Å². The Morgan fingerprint density at radius 3 is 3.07 bits per heavy atom. The van der Waals surface area contributed by atoms with Crippen molar-refractivity contribution in [1.29, 1.82) is 0 Å². The number of aliphatic hydroxyl groups is 1. The standard InChI is InChI=1S/C9H14N4O2/c14-5-8-1-2-12(3-8)9(15)4-13-7-10-6-11-13/h6-8,14H,1-5H2/t8-/m1/s1. The lowest BCUT2D eigenvalue weighted by atomic mass is 10.1. The van der Waals surface area contributed by atoms with Crippen LogP contribution in [0.3, 0.4) is 0 Å². The van der Waals surface area contributed by atoms with Crippen molar-refractivity contribution in [2.45, 2.75) is 13.0 Å². The van der Waals surface area contributed by atoms with Gasteiger partial charge in [-0.05, 0) is 6.42 Å². The SMILES string of the molecule is O=C(Cn1cncn1)N1CC[C@@H](CO)C1. The molecule has 2 heterocycles. The van der Waals surface area contributed by atoms with Crippen molar-refractivity contribution in [1.82, 2.24) is 19.7 Å². The van der Waals surface area contributed by atoms with Crippen LogP contribution in [0.1, 0.15) is 6.42 Å². The van der Waals surface area contributed by atoms with Gasteiger partial charge < -0.3 is 10.0 Å². The first-order chi connectivity index (χ1) is 7.29. The second kappa shape index (κ2) is 4.39. The molecule has 0 unspecified atom stereocenters. The number of hydrogen-bond donors (Lipinski definition) is 1. The lowest BCUT2D eigenvalue weighted by molar-refractivity contribution is -0.131. The molecule has 1 aromatic rings. The lowest BCUT2D eigenvalue weighted by Crippen LogP contribution is -2.32. The maximum atomic E-state index is 11.7. The minimum Gasteiger partial charge on any atom is -0.396 e. The summed E-state index contributed by atoms with van der Waals surface area (Å²) in [5, 5.41) is 12.8. The topological polar surface area (TPSA) is 71.2 Å². The second-order valence-corrected chi connectivity index (χ2v) is 3.77. The van der Waals surface area contributed by atoms with Gasteiger partial charge in [0, 0.05) is 25.6 Å². The fourth-order valence-electron chi connectivity index (χ4n) is 1.76. The summed E-state index contributed by atoms with van der Waals surface area (Å²) in [4.78, 5) is 17.3. The van der Waals surface area contributed by atoms with Gasteiger partial charge in [0.1, 0.15) is 19.2 Å². The molecular weight excluding hydrogens is 196 g/mol. The Labute approximate surface area is 87.5 Å². The quantitative estimate of drug-likeness (QED) is 0.703. The van der Waals surface area contributed by atoms with Crippen LogP contribution >= 0.6 is 0 Å². The molecule has 1 fully saturated rings. The van der Waals surface area contributed by atoms with Gasteiger partial charge in [0.25, 0.3) is 0 Å². The summed E-state index contributed by atoms with van der Waals surface area (Å²) in [7, 11) is 0. The first-order valence-corrected chi connectivity index (χ1v) is 5.00. The van der Waals surface area contributed by atoms with Crippen LogP contribution in [0.25, 0.3) is 0 Å². The van der Waals surface area contributed by atoms with Gasteiger partial charge >= 0.3 is 0 Å². The molecule has 0 bridgehead atoms. The van der Waals surface area contributed by atoms with E-state index in [-0.39, 0.29) is 25.0 Å². The van der Waals surface area contributed by atoms with Gasteiger partial charge in [-0.1, -0.05) is 0 Å². The van der Waals surface area contributed by atoms with E-state index in [0.29, 0.717) is 6.54 Å². The Kier molecular flexibility index (Phi) is 2.96. The summed E-state index contributed by atoms with van der Waals surface area (Å²) in [5.74, 6) is 0.279. The maximum Gasteiger partial charge on any atom is 0.244 e. The molecule has 1 aliphatic heterocycles. The third kappa shape index (κ3) is 2.33. The van der Waals surface area contributed by atoms with Crippen molar-refractivity contribution in [2.75, 3.05) is 19.7 Å². The highest BCUT2D eigenvalue weighted by Gasteiger charge is 2.25. The van der Waals surface area contributed by atoms with Gasteiger partial charge in [-0.25, -0.2) is 9.67 Å². The van der Waals surface area contributed by atoms with Crippen molar-refractivity contribution in [3.63, 3.8) is 0 Å². The zero-order valence-electron chi connectivity index (χ0n) is 8.41. The fourth-order valence-corrected chi connectivity index (χ4v) is 1.76. The molecule has 1 N–H and O–H groups in total. The molecule has 6 nitrogen and oxygen atoms in total. The molecule has 15 heavy (non-hydrogen) atoms. The molecule has 2 rings (SSSR count). The predicted octanol–water partition coefficient (Wildman–Crippen LogP) is -0.881. The zero-order chi connectivity index (χ0) is 10.7. The Hall–Kier alpha value is -1.43. The summed E-state index contributed by atoms with van der Waals surface area (Å²) < 4.78 is 1.51. The minimum atomic E-state index is 0.0384. The van der Waals surface area contributed by atoms with E-state index in [9.17, 15) is 4.79 Å². The third-order valence-electron chi connectivity index (χ3n) is 2.66. The van der Waals surface area contributed by atoms with Crippen molar-refractivity contribution in [3.8, 4) is 0 Å². The minimum absolute atomic E-state index is 0.0384. The highest BCUT2D eigenvalue weighted by Crippen LogP contribution is 2.15. The zero-order valence-corrected chi connectivity index (χ0v) is 8.41. The average molecular weight is 210 g/mol. The summed E-state index contributed by atoms with van der Waals surface area (Å²) in [5.41, 5.74) is 0. The molecule has 1 amide bonds. The molecule has 82 valence electrons. The molecule has 1 aromatic heterocycles. The van der Waals surface area contributed by atoms with Crippen LogP contribution in [0.15, 0.2) is 12.7 Å². The predicted molar refractivity (Wildman–Crippen MR) is 51.8 cm³/mol. The van der Waals surface area contributed by atoms with E-state index in [1.807, 2.05) is 0 Å². The first kappa shape index (κ1) is 10.1. The van der Waals surface area contributed by atoms with Crippen molar-refractivity contribution >= 4 is 5.91 Å². The normalized spacial score (nSPS) is 20.9. The van der Waals surface area contributed by atoms with E-state index in [0.717, 1.165) is 13.0 Å². The van der Waals surface area contributed by atoms with Gasteiger partial charge in [-0.15, -0.1) is 0 Å². The van der Waals surface area contributed by atoms with Gasteiger partial charge in [0.2, 0.25) is 5.91 Å². The smallest absolute Gasteiger partial charge is 0.244 e. The van der Waals surface area contributed by atoms with E-state index in [2.05, 4.69) is 10.1 Å².